The SMILES string of the molecule is CC(C)[C@@H](O[Si](C)(C)C(C)(C)C)[C@@H](C)C(=O)O. The Hall–Kier alpha value is -0.353. The second kappa shape index (κ2) is 5.53. The molecular formula is C13H28O3Si. The Bertz CT molecular complexity index is 266. The summed E-state index contributed by atoms with van der Waals surface area (Å²) in [6.07, 6.45) is -0.201. The van der Waals surface area contributed by atoms with E-state index in [1.54, 1.807) is 6.92 Å². The first-order valence-corrected chi connectivity index (χ1v) is 9.21. The molecule has 3 nitrogen and oxygen atoms in total. The number of carbonyl (C=O) groups is 1. The first-order valence-electron chi connectivity index (χ1n) is 6.30. The zero-order valence-corrected chi connectivity index (χ0v) is 13.5. The third kappa shape index (κ3) is 4.43. The van der Waals surface area contributed by atoms with Crippen LogP contribution in [0.4, 0.5) is 0 Å². The van der Waals surface area contributed by atoms with E-state index in [4.69, 9.17) is 9.53 Å². The van der Waals surface area contributed by atoms with Crippen molar-refractivity contribution in [1.82, 2.24) is 0 Å². The first kappa shape index (κ1) is 16.6. The van der Waals surface area contributed by atoms with Crippen LogP contribution in [0.3, 0.4) is 0 Å². The highest BCUT2D eigenvalue weighted by Gasteiger charge is 2.41. The van der Waals surface area contributed by atoms with E-state index in [0.717, 1.165) is 0 Å². The van der Waals surface area contributed by atoms with E-state index in [9.17, 15) is 4.79 Å². The highest BCUT2D eigenvalue weighted by Crippen LogP contribution is 2.39. The minimum atomic E-state index is -1.90. The molecule has 0 aromatic carbocycles. The summed E-state index contributed by atoms with van der Waals surface area (Å²) in [5.41, 5.74) is 0. The zero-order chi connectivity index (χ0) is 14.0. The Morgan fingerprint density at radius 3 is 1.82 bits per heavy atom. The fourth-order valence-electron chi connectivity index (χ4n) is 1.47. The summed E-state index contributed by atoms with van der Waals surface area (Å²) in [4.78, 5) is 11.1. The molecule has 17 heavy (non-hydrogen) atoms. The Balaban J connectivity index is 4.96. The number of aliphatic carboxylic acids is 1. The quantitative estimate of drug-likeness (QED) is 0.766. The van der Waals surface area contributed by atoms with Crippen LogP contribution in [0.15, 0.2) is 0 Å². The maximum Gasteiger partial charge on any atom is 0.308 e. The van der Waals surface area contributed by atoms with E-state index < -0.39 is 20.2 Å². The molecule has 0 saturated heterocycles. The van der Waals surface area contributed by atoms with Gasteiger partial charge in [0.05, 0.1) is 12.0 Å². The van der Waals surface area contributed by atoms with Crippen molar-refractivity contribution in [2.75, 3.05) is 0 Å². The summed E-state index contributed by atoms with van der Waals surface area (Å²) in [6.45, 7) is 16.6. The van der Waals surface area contributed by atoms with E-state index in [1.807, 2.05) is 13.8 Å². The van der Waals surface area contributed by atoms with Gasteiger partial charge in [-0.3, -0.25) is 4.79 Å². The summed E-state index contributed by atoms with van der Waals surface area (Å²) in [5, 5.41) is 9.25. The van der Waals surface area contributed by atoms with Crippen LogP contribution in [0.2, 0.25) is 18.1 Å². The molecule has 4 heteroatoms. The third-order valence-corrected chi connectivity index (χ3v) is 8.25. The van der Waals surface area contributed by atoms with Gasteiger partial charge in [-0.05, 0) is 31.0 Å². The van der Waals surface area contributed by atoms with E-state index in [2.05, 4.69) is 33.9 Å². The Labute approximate surface area is 107 Å². The van der Waals surface area contributed by atoms with Crippen LogP contribution >= 0.6 is 0 Å². The van der Waals surface area contributed by atoms with E-state index in [-0.39, 0.29) is 17.1 Å². The van der Waals surface area contributed by atoms with Gasteiger partial charge in [0, 0.05) is 0 Å². The molecule has 0 aromatic heterocycles. The van der Waals surface area contributed by atoms with Gasteiger partial charge in [0.15, 0.2) is 8.32 Å². The van der Waals surface area contributed by atoms with Crippen LogP contribution in [0, 0.1) is 11.8 Å². The molecule has 0 bridgehead atoms. The third-order valence-electron chi connectivity index (χ3n) is 3.78. The van der Waals surface area contributed by atoms with E-state index >= 15 is 0 Å². The lowest BCUT2D eigenvalue weighted by atomic mass is 9.95. The van der Waals surface area contributed by atoms with E-state index in [1.165, 1.54) is 0 Å². The molecule has 0 amide bonds. The van der Waals surface area contributed by atoms with Crippen molar-refractivity contribution in [1.29, 1.82) is 0 Å². The molecule has 0 fully saturated rings. The van der Waals surface area contributed by atoms with Gasteiger partial charge in [0.2, 0.25) is 0 Å². The van der Waals surface area contributed by atoms with Gasteiger partial charge >= 0.3 is 5.97 Å². The first-order chi connectivity index (χ1) is 7.40. The van der Waals surface area contributed by atoms with Crippen LogP contribution in [-0.4, -0.2) is 25.5 Å². The number of rotatable bonds is 5. The molecule has 0 rings (SSSR count). The number of carboxylic acids is 1. The molecule has 0 aromatic rings. The topological polar surface area (TPSA) is 46.5 Å². The molecule has 0 unspecified atom stereocenters. The average molecular weight is 260 g/mol. The monoisotopic (exact) mass is 260 g/mol. The van der Waals surface area contributed by atoms with Gasteiger partial charge in [-0.1, -0.05) is 34.6 Å². The molecule has 1 N–H and O–H groups in total. The fourth-order valence-corrected chi connectivity index (χ4v) is 2.98. The average Bonchev–Trinajstić information content (AvgIpc) is 2.10. The lowest BCUT2D eigenvalue weighted by molar-refractivity contribution is -0.145. The van der Waals surface area contributed by atoms with Crippen molar-refractivity contribution in [2.24, 2.45) is 11.8 Å². The van der Waals surface area contributed by atoms with Crippen LogP contribution < -0.4 is 0 Å². The molecule has 0 aliphatic rings. The maximum atomic E-state index is 11.1. The second-order valence-electron chi connectivity index (χ2n) is 6.71. The summed E-state index contributed by atoms with van der Waals surface area (Å²) in [6, 6.07) is 0. The van der Waals surface area contributed by atoms with Gasteiger partial charge in [-0.15, -0.1) is 0 Å². The smallest absolute Gasteiger partial charge is 0.308 e. The minimum Gasteiger partial charge on any atom is -0.481 e. The lowest BCUT2D eigenvalue weighted by Crippen LogP contribution is -2.48. The summed E-state index contributed by atoms with van der Waals surface area (Å²) in [5.74, 6) is -1.01. The maximum absolute atomic E-state index is 11.1. The van der Waals surface area contributed by atoms with Crippen LogP contribution in [0.5, 0.6) is 0 Å². The van der Waals surface area contributed by atoms with Crippen molar-refractivity contribution >= 4 is 14.3 Å². The summed E-state index contributed by atoms with van der Waals surface area (Å²) < 4.78 is 6.24. The predicted octanol–water partition coefficient (Wildman–Crippen LogP) is 3.75. The van der Waals surface area contributed by atoms with E-state index in [0.29, 0.717) is 0 Å². The van der Waals surface area contributed by atoms with Crippen LogP contribution in [0.25, 0.3) is 0 Å². The van der Waals surface area contributed by atoms with Gasteiger partial charge in [-0.2, -0.15) is 0 Å². The van der Waals surface area contributed by atoms with Gasteiger partial charge in [0.25, 0.3) is 0 Å². The molecule has 0 radical (unpaired) electrons. The van der Waals surface area contributed by atoms with Crippen molar-refractivity contribution in [2.45, 2.75) is 65.8 Å². The molecule has 0 aliphatic heterocycles. The Morgan fingerprint density at radius 1 is 1.18 bits per heavy atom. The Kier molecular flexibility index (Phi) is 5.41. The number of carboxylic acid groups (broad SMARTS) is 1. The molecule has 2 atom stereocenters. The van der Waals surface area contributed by atoms with Gasteiger partial charge in [-0.25, -0.2) is 0 Å². The zero-order valence-electron chi connectivity index (χ0n) is 12.5. The van der Waals surface area contributed by atoms with Crippen molar-refractivity contribution in [3.8, 4) is 0 Å². The predicted molar refractivity (Wildman–Crippen MR) is 73.7 cm³/mol. The molecule has 0 spiro atoms. The molecular weight excluding hydrogens is 232 g/mol. The molecule has 0 heterocycles. The summed E-state index contributed by atoms with van der Waals surface area (Å²) in [7, 11) is -1.90. The molecule has 0 aliphatic carbocycles. The number of hydrogen-bond acceptors (Lipinski definition) is 2. The lowest BCUT2D eigenvalue weighted by Gasteiger charge is -2.41. The minimum absolute atomic E-state index is 0.109. The van der Waals surface area contributed by atoms with Crippen LogP contribution in [0.1, 0.15) is 41.5 Å². The van der Waals surface area contributed by atoms with Crippen molar-refractivity contribution < 1.29 is 14.3 Å². The summed E-state index contributed by atoms with van der Waals surface area (Å²) >= 11 is 0. The standard InChI is InChI=1S/C13H28O3Si/c1-9(2)11(10(3)12(14)15)16-17(7,8)13(4,5)6/h9-11H,1-8H3,(H,14,15)/t10-,11-/m1/s1. The number of hydrogen-bond donors (Lipinski definition) is 1. The highest BCUT2D eigenvalue weighted by molar-refractivity contribution is 6.74. The molecule has 102 valence electrons. The largest absolute Gasteiger partial charge is 0.481 e. The van der Waals surface area contributed by atoms with Crippen molar-refractivity contribution in [3.63, 3.8) is 0 Å². The van der Waals surface area contributed by atoms with Crippen LogP contribution in [-0.2, 0) is 9.22 Å². The normalized spacial score (nSPS) is 17.0. The molecule has 0 saturated carbocycles. The van der Waals surface area contributed by atoms with Gasteiger partial charge in [0.1, 0.15) is 0 Å². The second-order valence-corrected chi connectivity index (χ2v) is 11.5. The highest BCUT2D eigenvalue weighted by atomic mass is 28.4. The van der Waals surface area contributed by atoms with Crippen molar-refractivity contribution in [3.05, 3.63) is 0 Å². The Morgan fingerprint density at radius 2 is 1.59 bits per heavy atom. The fraction of sp³-hybridized carbons (Fsp3) is 0.923. The van der Waals surface area contributed by atoms with Gasteiger partial charge < -0.3 is 9.53 Å².